The van der Waals surface area contributed by atoms with Crippen LogP contribution in [0.1, 0.15) is 29.9 Å². The predicted molar refractivity (Wildman–Crippen MR) is 77.3 cm³/mol. The predicted octanol–water partition coefficient (Wildman–Crippen LogP) is 3.84. The lowest BCUT2D eigenvalue weighted by Crippen LogP contribution is -2.20. The molecule has 0 spiro atoms. The molecule has 5 heteroatoms. The number of halogens is 2. The van der Waals surface area contributed by atoms with Crippen LogP contribution in [0, 0.1) is 6.92 Å². The molecule has 1 heterocycles. The zero-order valence-corrected chi connectivity index (χ0v) is 12.0. The second-order valence-corrected chi connectivity index (χ2v) is 4.79. The zero-order valence-electron chi connectivity index (χ0n) is 12.0. The van der Waals surface area contributed by atoms with Gasteiger partial charge in [-0.05, 0) is 32.0 Å². The average Bonchev–Trinajstić information content (AvgIpc) is 2.45. The van der Waals surface area contributed by atoms with Crippen LogP contribution in [0.15, 0.2) is 42.5 Å². The molecule has 2 aromatic rings. The molecule has 1 N–H and O–H groups in total. The molecule has 0 saturated heterocycles. The Morgan fingerprint density at radius 2 is 1.90 bits per heavy atom. The van der Waals surface area contributed by atoms with Gasteiger partial charge in [-0.3, -0.25) is 4.98 Å². The topological polar surface area (TPSA) is 34.1 Å². The average molecular weight is 292 g/mol. The number of aromatic nitrogens is 1. The van der Waals surface area contributed by atoms with Crippen molar-refractivity contribution in [1.29, 1.82) is 0 Å². The van der Waals surface area contributed by atoms with Crippen LogP contribution in [0.5, 0.6) is 5.75 Å². The van der Waals surface area contributed by atoms with Gasteiger partial charge >= 0.3 is 6.61 Å². The quantitative estimate of drug-likeness (QED) is 0.878. The third-order valence-electron chi connectivity index (χ3n) is 3.14. The van der Waals surface area contributed by atoms with E-state index in [0.29, 0.717) is 12.1 Å². The zero-order chi connectivity index (χ0) is 15.2. The summed E-state index contributed by atoms with van der Waals surface area (Å²) >= 11 is 0. The van der Waals surface area contributed by atoms with Gasteiger partial charge in [0.1, 0.15) is 5.75 Å². The number of pyridine rings is 1. The number of alkyl halides is 2. The highest BCUT2D eigenvalue weighted by atomic mass is 19.3. The van der Waals surface area contributed by atoms with Gasteiger partial charge in [0, 0.05) is 23.8 Å². The normalized spacial score (nSPS) is 12.4. The maximum absolute atomic E-state index is 12.4. The van der Waals surface area contributed by atoms with Gasteiger partial charge in [0.05, 0.1) is 5.69 Å². The van der Waals surface area contributed by atoms with Gasteiger partial charge in [0.25, 0.3) is 0 Å². The van der Waals surface area contributed by atoms with Crippen LogP contribution in [0.2, 0.25) is 0 Å². The summed E-state index contributed by atoms with van der Waals surface area (Å²) in [5.41, 5.74) is 2.56. The van der Waals surface area contributed by atoms with Crippen molar-refractivity contribution >= 4 is 0 Å². The minimum Gasteiger partial charge on any atom is -0.434 e. The number of aryl methyl sites for hydroxylation is 1. The Morgan fingerprint density at radius 1 is 1.14 bits per heavy atom. The summed E-state index contributed by atoms with van der Waals surface area (Å²) in [6, 6.07) is 12.5. The number of benzene rings is 1. The standard InChI is InChI=1S/C16H18F2N2O/c1-11-6-5-7-13(20-11)10-19-12(2)14-8-3-4-9-15(14)21-16(17)18/h3-9,12,16,19H,10H2,1-2H3. The van der Waals surface area contributed by atoms with Crippen LogP contribution >= 0.6 is 0 Å². The molecule has 1 aromatic heterocycles. The maximum atomic E-state index is 12.4. The molecule has 21 heavy (non-hydrogen) atoms. The lowest BCUT2D eigenvalue weighted by Gasteiger charge is -2.18. The Kier molecular flexibility index (Phi) is 5.22. The van der Waals surface area contributed by atoms with Gasteiger partial charge in [0.15, 0.2) is 0 Å². The Hall–Kier alpha value is -2.01. The monoisotopic (exact) mass is 292 g/mol. The second-order valence-electron chi connectivity index (χ2n) is 4.79. The van der Waals surface area contributed by atoms with Gasteiger partial charge in [-0.15, -0.1) is 0 Å². The molecule has 0 amide bonds. The minimum absolute atomic E-state index is 0.123. The second kappa shape index (κ2) is 7.13. The molecule has 0 fully saturated rings. The Bertz CT molecular complexity index is 590. The highest BCUT2D eigenvalue weighted by Crippen LogP contribution is 2.26. The lowest BCUT2D eigenvalue weighted by atomic mass is 10.1. The molecule has 0 aliphatic carbocycles. The van der Waals surface area contributed by atoms with Crippen LogP contribution < -0.4 is 10.1 Å². The fourth-order valence-corrected chi connectivity index (χ4v) is 2.11. The molecule has 2 rings (SSSR count). The molecule has 0 saturated carbocycles. The van der Waals surface area contributed by atoms with Crippen molar-refractivity contribution in [3.63, 3.8) is 0 Å². The molecule has 112 valence electrons. The van der Waals surface area contributed by atoms with Crippen molar-refractivity contribution in [1.82, 2.24) is 10.3 Å². The Morgan fingerprint density at radius 3 is 2.62 bits per heavy atom. The number of hydrogen-bond donors (Lipinski definition) is 1. The summed E-state index contributed by atoms with van der Waals surface area (Å²) in [5.74, 6) is 0.199. The SMILES string of the molecule is Cc1cccc(CNC(C)c2ccccc2OC(F)F)n1. The number of ether oxygens (including phenoxy) is 1. The number of hydrogen-bond acceptors (Lipinski definition) is 3. The van der Waals surface area contributed by atoms with Gasteiger partial charge in [-0.25, -0.2) is 0 Å². The molecule has 0 radical (unpaired) electrons. The summed E-state index contributed by atoms with van der Waals surface area (Å²) in [6.07, 6.45) is 0. The summed E-state index contributed by atoms with van der Waals surface area (Å²) in [5, 5.41) is 3.27. The van der Waals surface area contributed by atoms with Gasteiger partial charge < -0.3 is 10.1 Å². The number of nitrogens with zero attached hydrogens (tertiary/aromatic N) is 1. The summed E-state index contributed by atoms with van der Waals surface area (Å²) in [4.78, 5) is 4.40. The van der Waals surface area contributed by atoms with E-state index >= 15 is 0 Å². The summed E-state index contributed by atoms with van der Waals surface area (Å²) in [7, 11) is 0. The van der Waals surface area contributed by atoms with E-state index in [0.717, 1.165) is 11.4 Å². The van der Waals surface area contributed by atoms with Crippen LogP contribution in [0.3, 0.4) is 0 Å². The molecule has 1 unspecified atom stereocenters. The largest absolute Gasteiger partial charge is 0.434 e. The smallest absolute Gasteiger partial charge is 0.387 e. The Balaban J connectivity index is 2.04. The van der Waals surface area contributed by atoms with Crippen LogP contribution in [-0.2, 0) is 6.54 Å². The molecule has 3 nitrogen and oxygen atoms in total. The van der Waals surface area contributed by atoms with E-state index in [4.69, 9.17) is 0 Å². The van der Waals surface area contributed by atoms with Crippen molar-refractivity contribution in [3.05, 3.63) is 59.4 Å². The third-order valence-corrected chi connectivity index (χ3v) is 3.14. The highest BCUT2D eigenvalue weighted by Gasteiger charge is 2.14. The lowest BCUT2D eigenvalue weighted by molar-refractivity contribution is -0.0506. The summed E-state index contributed by atoms with van der Waals surface area (Å²) < 4.78 is 29.4. The first kappa shape index (κ1) is 15.4. The van der Waals surface area contributed by atoms with E-state index in [1.165, 1.54) is 0 Å². The van der Waals surface area contributed by atoms with Crippen LogP contribution in [0.25, 0.3) is 0 Å². The molecule has 1 aromatic carbocycles. The third kappa shape index (κ3) is 4.49. The van der Waals surface area contributed by atoms with Crippen LogP contribution in [0.4, 0.5) is 8.78 Å². The number of rotatable bonds is 6. The molecule has 0 bridgehead atoms. The fraction of sp³-hybridized carbons (Fsp3) is 0.312. The van der Waals surface area contributed by atoms with Crippen molar-refractivity contribution in [2.45, 2.75) is 33.0 Å². The van der Waals surface area contributed by atoms with Gasteiger partial charge in [0.2, 0.25) is 0 Å². The van der Waals surface area contributed by atoms with Gasteiger partial charge in [-0.2, -0.15) is 8.78 Å². The van der Waals surface area contributed by atoms with Crippen molar-refractivity contribution in [2.75, 3.05) is 0 Å². The first-order valence-electron chi connectivity index (χ1n) is 6.76. The number of para-hydroxylation sites is 1. The first-order valence-corrected chi connectivity index (χ1v) is 6.76. The first-order chi connectivity index (χ1) is 10.1. The van der Waals surface area contributed by atoms with E-state index in [9.17, 15) is 8.78 Å². The molecular formula is C16H18F2N2O. The van der Waals surface area contributed by atoms with Crippen molar-refractivity contribution in [3.8, 4) is 5.75 Å². The molecule has 0 aliphatic heterocycles. The van der Waals surface area contributed by atoms with Crippen LogP contribution in [-0.4, -0.2) is 11.6 Å². The number of nitrogens with one attached hydrogen (secondary N) is 1. The minimum atomic E-state index is -2.82. The molecule has 1 atom stereocenters. The van der Waals surface area contributed by atoms with Gasteiger partial charge in [-0.1, -0.05) is 24.3 Å². The molecule has 0 aliphatic rings. The van der Waals surface area contributed by atoms with E-state index in [2.05, 4.69) is 15.0 Å². The van der Waals surface area contributed by atoms with Crippen molar-refractivity contribution in [2.24, 2.45) is 0 Å². The van der Waals surface area contributed by atoms with E-state index in [1.807, 2.05) is 32.0 Å². The Labute approximate surface area is 123 Å². The van der Waals surface area contributed by atoms with E-state index < -0.39 is 6.61 Å². The van der Waals surface area contributed by atoms with Crippen molar-refractivity contribution < 1.29 is 13.5 Å². The highest BCUT2D eigenvalue weighted by molar-refractivity contribution is 5.35. The fourth-order valence-electron chi connectivity index (χ4n) is 2.11. The molecular weight excluding hydrogens is 274 g/mol. The maximum Gasteiger partial charge on any atom is 0.387 e. The van der Waals surface area contributed by atoms with E-state index in [-0.39, 0.29) is 11.8 Å². The van der Waals surface area contributed by atoms with E-state index in [1.54, 1.807) is 24.3 Å². The summed E-state index contributed by atoms with van der Waals surface area (Å²) in [6.45, 7) is 1.57.